The van der Waals surface area contributed by atoms with Gasteiger partial charge in [-0.3, -0.25) is 14.5 Å². The van der Waals surface area contributed by atoms with Gasteiger partial charge in [-0.25, -0.2) is 0 Å². The van der Waals surface area contributed by atoms with Crippen molar-refractivity contribution in [1.29, 1.82) is 0 Å². The number of fused-ring (bicyclic) bond motifs is 1. The van der Waals surface area contributed by atoms with Gasteiger partial charge in [-0.05, 0) is 52.0 Å². The van der Waals surface area contributed by atoms with Gasteiger partial charge < -0.3 is 5.32 Å². The molecule has 4 rings (SSSR count). The van der Waals surface area contributed by atoms with Gasteiger partial charge in [-0.15, -0.1) is 11.3 Å². The summed E-state index contributed by atoms with van der Waals surface area (Å²) in [7, 11) is 0. The van der Waals surface area contributed by atoms with E-state index in [1.807, 2.05) is 55.1 Å². The highest BCUT2D eigenvalue weighted by atomic mass is 79.9. The van der Waals surface area contributed by atoms with Crippen LogP contribution in [-0.4, -0.2) is 11.7 Å². The smallest absolute Gasteiger partial charge is 0.230 e. The number of amides is 1. The average molecular weight is 473 g/mol. The van der Waals surface area contributed by atoms with Crippen LogP contribution < -0.4 is 10.2 Å². The SMILES string of the molecule is CC(C)C(=O)N1c2ccccc2NC2=C(C(=O)CC(C)(C)C2)[C@H]1c1ccc(Br)s1. The highest BCUT2D eigenvalue weighted by Crippen LogP contribution is 2.49. The molecule has 2 aliphatic rings. The minimum absolute atomic E-state index is 0.0140. The second-order valence-corrected chi connectivity index (χ2v) is 11.4. The van der Waals surface area contributed by atoms with Crippen molar-refractivity contribution < 1.29 is 9.59 Å². The molecule has 6 heteroatoms. The third kappa shape index (κ3) is 3.68. The molecular weight excluding hydrogens is 448 g/mol. The molecule has 0 fully saturated rings. The Morgan fingerprint density at radius 1 is 1.21 bits per heavy atom. The summed E-state index contributed by atoms with van der Waals surface area (Å²) < 4.78 is 0.987. The van der Waals surface area contributed by atoms with Gasteiger partial charge in [0.15, 0.2) is 5.78 Å². The molecule has 1 aromatic heterocycles. The zero-order valence-corrected chi connectivity index (χ0v) is 19.5. The maximum atomic E-state index is 13.5. The van der Waals surface area contributed by atoms with E-state index < -0.39 is 6.04 Å². The highest BCUT2D eigenvalue weighted by Gasteiger charge is 2.44. The summed E-state index contributed by atoms with van der Waals surface area (Å²) >= 11 is 5.13. The van der Waals surface area contributed by atoms with E-state index in [-0.39, 0.29) is 23.0 Å². The van der Waals surface area contributed by atoms with Crippen LogP contribution in [0.1, 0.15) is 51.5 Å². The first kappa shape index (κ1) is 20.4. The predicted octanol–water partition coefficient (Wildman–Crippen LogP) is 6.31. The molecule has 2 heterocycles. The van der Waals surface area contributed by atoms with Crippen molar-refractivity contribution in [3.8, 4) is 0 Å². The van der Waals surface area contributed by atoms with Crippen LogP contribution in [0.5, 0.6) is 0 Å². The molecule has 1 amide bonds. The number of nitrogens with one attached hydrogen (secondary N) is 1. The molecule has 29 heavy (non-hydrogen) atoms. The zero-order chi connectivity index (χ0) is 20.9. The number of anilines is 2. The Kier molecular flexibility index (Phi) is 5.20. The average Bonchev–Trinajstić information content (AvgIpc) is 2.99. The van der Waals surface area contributed by atoms with Crippen molar-refractivity contribution in [3.63, 3.8) is 0 Å². The van der Waals surface area contributed by atoms with Gasteiger partial charge in [-0.2, -0.15) is 0 Å². The van der Waals surface area contributed by atoms with Crippen molar-refractivity contribution in [2.75, 3.05) is 10.2 Å². The monoisotopic (exact) mass is 472 g/mol. The van der Waals surface area contributed by atoms with Crippen LogP contribution in [0.25, 0.3) is 0 Å². The number of halogens is 1. The molecular formula is C23H25BrN2O2S. The van der Waals surface area contributed by atoms with Crippen LogP contribution in [0, 0.1) is 11.3 Å². The van der Waals surface area contributed by atoms with E-state index in [2.05, 4.69) is 35.1 Å². The van der Waals surface area contributed by atoms with Crippen molar-refractivity contribution in [3.05, 3.63) is 56.3 Å². The lowest BCUT2D eigenvalue weighted by Crippen LogP contribution is -2.41. The Bertz CT molecular complexity index is 1020. The first-order valence-corrected chi connectivity index (χ1v) is 11.5. The Labute approximate surface area is 184 Å². The van der Waals surface area contributed by atoms with Gasteiger partial charge >= 0.3 is 0 Å². The van der Waals surface area contributed by atoms with Gasteiger partial charge in [0.2, 0.25) is 5.91 Å². The molecule has 152 valence electrons. The van der Waals surface area contributed by atoms with E-state index in [4.69, 9.17) is 0 Å². The van der Waals surface area contributed by atoms with Gasteiger partial charge in [-0.1, -0.05) is 39.8 Å². The van der Waals surface area contributed by atoms with Gasteiger partial charge in [0, 0.05) is 28.5 Å². The predicted molar refractivity (Wildman–Crippen MR) is 122 cm³/mol. The van der Waals surface area contributed by atoms with Crippen LogP contribution in [0.4, 0.5) is 11.4 Å². The number of hydrogen-bond donors (Lipinski definition) is 1. The number of benzene rings is 1. The summed E-state index contributed by atoms with van der Waals surface area (Å²) in [6.45, 7) is 8.07. The van der Waals surface area contributed by atoms with Crippen molar-refractivity contribution >= 4 is 50.3 Å². The second-order valence-electron chi connectivity index (χ2n) is 8.88. The molecule has 1 aliphatic heterocycles. The molecule has 0 saturated heterocycles. The molecule has 0 bridgehead atoms. The Hall–Kier alpha value is -1.92. The van der Waals surface area contributed by atoms with Crippen molar-refractivity contribution in [2.24, 2.45) is 11.3 Å². The second kappa shape index (κ2) is 7.40. The van der Waals surface area contributed by atoms with Crippen LogP contribution in [0.2, 0.25) is 0 Å². The molecule has 2 aromatic rings. The maximum absolute atomic E-state index is 13.5. The minimum Gasteiger partial charge on any atom is -0.357 e. The summed E-state index contributed by atoms with van der Waals surface area (Å²) in [6.07, 6.45) is 1.26. The summed E-state index contributed by atoms with van der Waals surface area (Å²) in [5, 5.41) is 3.54. The Balaban J connectivity index is 2.01. The van der Waals surface area contributed by atoms with E-state index in [9.17, 15) is 9.59 Å². The number of para-hydroxylation sites is 2. The van der Waals surface area contributed by atoms with E-state index in [0.717, 1.165) is 37.7 Å². The standard InChI is InChI=1S/C23H25BrN2O2S/c1-13(2)22(28)26-16-8-6-5-7-14(16)25-15-11-23(3,4)12-17(27)20(15)21(26)18-9-10-19(24)29-18/h5-10,13,21,25H,11-12H2,1-4H3/t21-/m1/s1. The quantitative estimate of drug-likeness (QED) is 0.556. The van der Waals surface area contributed by atoms with Crippen molar-refractivity contribution in [2.45, 2.75) is 46.6 Å². The molecule has 0 radical (unpaired) electrons. The third-order valence-electron chi connectivity index (χ3n) is 5.50. The fraction of sp³-hybridized carbons (Fsp3) is 0.391. The lowest BCUT2D eigenvalue weighted by molar-refractivity contribution is -0.122. The molecule has 1 aliphatic carbocycles. The fourth-order valence-electron chi connectivity index (χ4n) is 4.25. The number of Topliss-reactive ketones (excluding diaryl/α,β-unsaturated/α-hetero) is 1. The number of hydrogen-bond acceptors (Lipinski definition) is 4. The lowest BCUT2D eigenvalue weighted by atomic mass is 9.74. The lowest BCUT2D eigenvalue weighted by Gasteiger charge is -2.37. The molecule has 4 nitrogen and oxygen atoms in total. The van der Waals surface area contributed by atoms with Crippen LogP contribution in [0.15, 0.2) is 51.5 Å². The molecule has 0 unspecified atom stereocenters. The molecule has 0 saturated carbocycles. The highest BCUT2D eigenvalue weighted by molar-refractivity contribution is 9.11. The van der Waals surface area contributed by atoms with Gasteiger partial charge in [0.25, 0.3) is 0 Å². The number of carbonyl (C=O) groups excluding carboxylic acids is 2. The normalized spacial score (nSPS) is 20.8. The van der Waals surface area contributed by atoms with E-state index in [1.54, 1.807) is 11.3 Å². The number of nitrogens with zero attached hydrogens (tertiary/aromatic N) is 1. The first-order chi connectivity index (χ1) is 13.7. The largest absolute Gasteiger partial charge is 0.357 e. The summed E-state index contributed by atoms with van der Waals surface area (Å²) in [5.41, 5.74) is 3.24. The third-order valence-corrected chi connectivity index (χ3v) is 7.17. The summed E-state index contributed by atoms with van der Waals surface area (Å²) in [5.74, 6) is -0.0565. The minimum atomic E-state index is -0.420. The van der Waals surface area contributed by atoms with E-state index in [1.165, 1.54) is 0 Å². The molecule has 0 spiro atoms. The van der Waals surface area contributed by atoms with Crippen LogP contribution in [-0.2, 0) is 9.59 Å². The fourth-order valence-corrected chi connectivity index (χ4v) is 5.78. The Morgan fingerprint density at radius 3 is 2.59 bits per heavy atom. The van der Waals surface area contributed by atoms with Gasteiger partial charge in [0.05, 0.1) is 15.2 Å². The number of allylic oxidation sites excluding steroid dienone is 1. The zero-order valence-electron chi connectivity index (χ0n) is 17.1. The van der Waals surface area contributed by atoms with E-state index >= 15 is 0 Å². The van der Waals surface area contributed by atoms with E-state index in [0.29, 0.717) is 6.42 Å². The number of rotatable bonds is 2. The summed E-state index contributed by atoms with van der Waals surface area (Å²) in [4.78, 5) is 29.7. The maximum Gasteiger partial charge on any atom is 0.230 e. The van der Waals surface area contributed by atoms with Crippen molar-refractivity contribution in [1.82, 2.24) is 0 Å². The van der Waals surface area contributed by atoms with Gasteiger partial charge in [0.1, 0.15) is 6.04 Å². The number of carbonyl (C=O) groups is 2. The number of ketones is 1. The summed E-state index contributed by atoms with van der Waals surface area (Å²) in [6, 6.07) is 11.4. The molecule has 1 aromatic carbocycles. The molecule has 1 atom stereocenters. The first-order valence-electron chi connectivity index (χ1n) is 9.88. The van der Waals surface area contributed by atoms with Crippen LogP contribution >= 0.6 is 27.3 Å². The Morgan fingerprint density at radius 2 is 1.93 bits per heavy atom. The molecule has 1 N–H and O–H groups in total. The number of thiophene rings is 1. The topological polar surface area (TPSA) is 49.4 Å². The van der Waals surface area contributed by atoms with Crippen LogP contribution in [0.3, 0.4) is 0 Å².